The van der Waals surface area contributed by atoms with Crippen LogP contribution in [0.4, 0.5) is 11.4 Å². The third-order valence-electron chi connectivity index (χ3n) is 3.61. The van der Waals surface area contributed by atoms with Crippen molar-refractivity contribution >= 4 is 17.3 Å². The smallest absolute Gasteiger partial charge is 0.338 e. The lowest BCUT2D eigenvalue weighted by Gasteiger charge is -2.37. The Balaban J connectivity index is 2.45. The number of benzene rings is 1. The van der Waals surface area contributed by atoms with Gasteiger partial charge in [-0.15, -0.1) is 0 Å². The minimum Gasteiger partial charge on any atom is -0.478 e. The fourth-order valence-electron chi connectivity index (χ4n) is 2.35. The van der Waals surface area contributed by atoms with Crippen LogP contribution in [0.3, 0.4) is 0 Å². The summed E-state index contributed by atoms with van der Waals surface area (Å²) in [5.41, 5.74) is -1.40. The molecule has 0 aromatic heterocycles. The van der Waals surface area contributed by atoms with Crippen LogP contribution in [0.1, 0.15) is 23.2 Å². The van der Waals surface area contributed by atoms with E-state index in [1.165, 1.54) is 18.2 Å². The number of aromatic carboxylic acids is 1. The fourth-order valence-corrected chi connectivity index (χ4v) is 2.35. The van der Waals surface area contributed by atoms with Crippen LogP contribution in [0.2, 0.25) is 0 Å². The van der Waals surface area contributed by atoms with Gasteiger partial charge in [0.05, 0.1) is 22.6 Å². The number of nitro groups is 1. The van der Waals surface area contributed by atoms with Gasteiger partial charge in [-0.3, -0.25) is 10.1 Å². The van der Waals surface area contributed by atoms with Gasteiger partial charge in [-0.1, -0.05) is 6.07 Å². The van der Waals surface area contributed by atoms with Crippen LogP contribution in [0.5, 0.6) is 0 Å². The van der Waals surface area contributed by atoms with Crippen LogP contribution < -0.4 is 5.32 Å². The number of aliphatic hydroxyl groups is 1. The number of carboxylic acids is 1. The number of rotatable bonds is 5. The summed E-state index contributed by atoms with van der Waals surface area (Å²) in [6.07, 6.45) is 0.878. The molecule has 0 spiro atoms. The Kier molecular flexibility index (Phi) is 4.39. The molecule has 0 radical (unpaired) electrons. The summed E-state index contributed by atoms with van der Waals surface area (Å²) in [5, 5.41) is 32.8. The highest BCUT2D eigenvalue weighted by Crippen LogP contribution is 2.34. The number of ether oxygens (including phenoxy) is 1. The van der Waals surface area contributed by atoms with Crippen LogP contribution >= 0.6 is 0 Å². The molecular formula is C13H16N2O6. The summed E-state index contributed by atoms with van der Waals surface area (Å²) in [4.78, 5) is 21.8. The van der Waals surface area contributed by atoms with Crippen molar-refractivity contribution < 1.29 is 24.7 Å². The molecule has 1 saturated heterocycles. The number of hydrogen-bond donors (Lipinski definition) is 3. The van der Waals surface area contributed by atoms with E-state index < -0.39 is 16.4 Å². The van der Waals surface area contributed by atoms with Gasteiger partial charge in [-0.25, -0.2) is 4.79 Å². The first-order chi connectivity index (χ1) is 9.99. The third-order valence-corrected chi connectivity index (χ3v) is 3.61. The van der Waals surface area contributed by atoms with E-state index in [1.807, 2.05) is 0 Å². The quantitative estimate of drug-likeness (QED) is 0.552. The maximum atomic E-state index is 11.3. The Morgan fingerprint density at radius 1 is 1.43 bits per heavy atom. The van der Waals surface area contributed by atoms with Crippen molar-refractivity contribution in [2.24, 2.45) is 0 Å². The number of carbonyl (C=O) groups is 1. The van der Waals surface area contributed by atoms with Crippen LogP contribution in [0.15, 0.2) is 18.2 Å². The number of hydrogen-bond acceptors (Lipinski definition) is 6. The van der Waals surface area contributed by atoms with Crippen LogP contribution in [0.25, 0.3) is 0 Å². The second-order valence-corrected chi connectivity index (χ2v) is 4.94. The standard InChI is InChI=1S/C13H16N2O6/c16-8-13(4-6-21-7-5-13)14-11-9(12(17)18)2-1-3-10(11)15(19)20/h1-3,14,16H,4-8H2,(H,17,18). The van der Waals surface area contributed by atoms with Gasteiger partial charge in [0.25, 0.3) is 5.69 Å². The van der Waals surface area contributed by atoms with Gasteiger partial charge in [-0.05, 0) is 18.9 Å². The number of nitrogens with one attached hydrogen (secondary N) is 1. The molecule has 0 aliphatic carbocycles. The average molecular weight is 296 g/mol. The van der Waals surface area contributed by atoms with Gasteiger partial charge in [0.15, 0.2) is 0 Å². The van der Waals surface area contributed by atoms with Crippen molar-refractivity contribution in [3.63, 3.8) is 0 Å². The first-order valence-electron chi connectivity index (χ1n) is 6.46. The topological polar surface area (TPSA) is 122 Å². The molecule has 0 saturated carbocycles. The van der Waals surface area contributed by atoms with Crippen molar-refractivity contribution in [3.05, 3.63) is 33.9 Å². The molecular weight excluding hydrogens is 280 g/mol. The van der Waals surface area contributed by atoms with E-state index in [0.717, 1.165) is 0 Å². The summed E-state index contributed by atoms with van der Waals surface area (Å²) in [6.45, 7) is 0.536. The van der Waals surface area contributed by atoms with Gasteiger partial charge < -0.3 is 20.3 Å². The average Bonchev–Trinajstić information content (AvgIpc) is 2.48. The van der Waals surface area contributed by atoms with Crippen molar-refractivity contribution in [3.8, 4) is 0 Å². The molecule has 0 unspecified atom stereocenters. The second kappa shape index (κ2) is 6.06. The minimum atomic E-state index is -1.26. The molecule has 114 valence electrons. The Bertz CT molecular complexity index is 521. The molecule has 1 aromatic carbocycles. The number of nitro benzene ring substituents is 1. The molecule has 1 aromatic rings. The first-order valence-corrected chi connectivity index (χ1v) is 6.46. The Morgan fingerprint density at radius 3 is 2.62 bits per heavy atom. The molecule has 1 heterocycles. The summed E-state index contributed by atoms with van der Waals surface area (Å²) >= 11 is 0. The van der Waals surface area contributed by atoms with E-state index in [1.54, 1.807) is 0 Å². The highest BCUT2D eigenvalue weighted by Gasteiger charge is 2.35. The van der Waals surface area contributed by atoms with Gasteiger partial charge in [0, 0.05) is 19.3 Å². The van der Waals surface area contributed by atoms with E-state index in [4.69, 9.17) is 4.74 Å². The molecule has 8 nitrogen and oxygen atoms in total. The lowest BCUT2D eigenvalue weighted by molar-refractivity contribution is -0.384. The molecule has 1 aliphatic rings. The largest absolute Gasteiger partial charge is 0.478 e. The summed E-state index contributed by atoms with van der Waals surface area (Å²) < 4.78 is 5.22. The fraction of sp³-hybridized carbons (Fsp3) is 0.462. The SMILES string of the molecule is O=C(O)c1cccc([N+](=O)[O-])c1NC1(CO)CCOCC1. The third kappa shape index (κ3) is 3.11. The van der Waals surface area contributed by atoms with E-state index in [9.17, 15) is 25.1 Å². The van der Waals surface area contributed by atoms with Gasteiger partial charge in [0.1, 0.15) is 5.69 Å². The van der Waals surface area contributed by atoms with Gasteiger partial charge in [-0.2, -0.15) is 0 Å². The van der Waals surface area contributed by atoms with Crippen molar-refractivity contribution in [1.82, 2.24) is 0 Å². The lowest BCUT2D eigenvalue weighted by Crippen LogP contribution is -2.47. The number of aliphatic hydroxyl groups excluding tert-OH is 1. The highest BCUT2D eigenvalue weighted by atomic mass is 16.6. The van der Waals surface area contributed by atoms with Crippen LogP contribution in [0, 0.1) is 10.1 Å². The van der Waals surface area contributed by atoms with Crippen molar-refractivity contribution in [1.29, 1.82) is 0 Å². The summed E-state index contributed by atoms with van der Waals surface area (Å²) in [7, 11) is 0. The minimum absolute atomic E-state index is 0.0778. The van der Waals surface area contributed by atoms with Crippen molar-refractivity contribution in [2.75, 3.05) is 25.1 Å². The molecule has 0 atom stereocenters. The maximum absolute atomic E-state index is 11.3. The zero-order valence-electron chi connectivity index (χ0n) is 11.2. The van der Waals surface area contributed by atoms with E-state index >= 15 is 0 Å². The van der Waals surface area contributed by atoms with Crippen LogP contribution in [-0.2, 0) is 4.74 Å². The Hall–Kier alpha value is -2.19. The normalized spacial score (nSPS) is 17.2. The van der Waals surface area contributed by atoms with E-state index in [-0.39, 0.29) is 23.5 Å². The zero-order valence-corrected chi connectivity index (χ0v) is 11.2. The number of carboxylic acid groups (broad SMARTS) is 1. The van der Waals surface area contributed by atoms with Crippen LogP contribution in [-0.4, -0.2) is 46.5 Å². The molecule has 0 amide bonds. The lowest BCUT2D eigenvalue weighted by atomic mass is 9.90. The predicted molar refractivity (Wildman–Crippen MR) is 73.5 cm³/mol. The maximum Gasteiger partial charge on any atom is 0.338 e. The van der Waals surface area contributed by atoms with Gasteiger partial charge in [0.2, 0.25) is 0 Å². The monoisotopic (exact) mass is 296 g/mol. The molecule has 0 bridgehead atoms. The highest BCUT2D eigenvalue weighted by molar-refractivity contribution is 5.97. The second-order valence-electron chi connectivity index (χ2n) is 4.94. The summed E-state index contributed by atoms with van der Waals surface area (Å²) in [6, 6.07) is 3.85. The van der Waals surface area contributed by atoms with E-state index in [0.29, 0.717) is 26.1 Å². The molecule has 8 heteroatoms. The Labute approximate surface area is 120 Å². The van der Waals surface area contributed by atoms with Crippen molar-refractivity contribution in [2.45, 2.75) is 18.4 Å². The first kappa shape index (κ1) is 15.2. The number of anilines is 1. The number of para-hydroxylation sites is 1. The molecule has 21 heavy (non-hydrogen) atoms. The molecule has 3 N–H and O–H groups in total. The Morgan fingerprint density at radius 2 is 2.10 bits per heavy atom. The zero-order chi connectivity index (χ0) is 15.5. The molecule has 1 fully saturated rings. The molecule has 1 aliphatic heterocycles. The molecule has 2 rings (SSSR count). The van der Waals surface area contributed by atoms with Gasteiger partial charge >= 0.3 is 5.97 Å². The number of nitrogens with zero attached hydrogens (tertiary/aromatic N) is 1. The predicted octanol–water partition coefficient (Wildman–Crippen LogP) is 1.25. The van der Waals surface area contributed by atoms with E-state index in [2.05, 4.69) is 5.32 Å². The summed E-state index contributed by atoms with van der Waals surface area (Å²) in [5.74, 6) is -1.26.